The highest BCUT2D eigenvalue weighted by Gasteiger charge is 2.03. The van der Waals surface area contributed by atoms with Crippen LogP contribution in [0.1, 0.15) is 6.92 Å². The van der Waals surface area contributed by atoms with Crippen molar-refractivity contribution in [3.8, 4) is 0 Å². The molecule has 1 aromatic heterocycles. The fourth-order valence-electron chi connectivity index (χ4n) is 1.62. The molecule has 0 fully saturated rings. The number of nitrogens with one attached hydrogen (secondary N) is 1. The summed E-state index contributed by atoms with van der Waals surface area (Å²) in [6, 6.07) is 9.22. The number of pyridine rings is 1. The zero-order valence-electron chi connectivity index (χ0n) is 10.1. The third-order valence-corrected chi connectivity index (χ3v) is 2.43. The normalized spacial score (nSPS) is 10.3. The minimum atomic E-state index is -0.295. The zero-order chi connectivity index (χ0) is 13.0. The Hall–Kier alpha value is -2.30. The molecule has 0 bridgehead atoms. The first-order valence-electron chi connectivity index (χ1n) is 5.75. The summed E-state index contributed by atoms with van der Waals surface area (Å²) in [5, 5.41) is 3.89. The van der Waals surface area contributed by atoms with Crippen molar-refractivity contribution in [2.24, 2.45) is 0 Å². The smallest absolute Gasteiger partial charge is 0.325 e. The Bertz CT molecular complexity index is 569. The highest BCUT2D eigenvalue weighted by molar-refractivity contribution is 5.83. The van der Waals surface area contributed by atoms with Crippen molar-refractivity contribution in [3.05, 3.63) is 30.3 Å². The summed E-state index contributed by atoms with van der Waals surface area (Å²) < 4.78 is 4.82. The first-order valence-corrected chi connectivity index (χ1v) is 5.75. The SMILES string of the molecule is CCOC(=O)CNc1ccc2cc(N)ccc2n1. The van der Waals surface area contributed by atoms with Gasteiger partial charge in [0.1, 0.15) is 12.4 Å². The van der Waals surface area contributed by atoms with Gasteiger partial charge in [-0.15, -0.1) is 0 Å². The number of esters is 1. The van der Waals surface area contributed by atoms with Crippen LogP contribution in [-0.2, 0) is 9.53 Å². The predicted octanol–water partition coefficient (Wildman–Crippen LogP) is 1.79. The fourth-order valence-corrected chi connectivity index (χ4v) is 1.62. The van der Waals surface area contributed by atoms with Crippen molar-refractivity contribution in [2.45, 2.75) is 6.92 Å². The lowest BCUT2D eigenvalue weighted by atomic mass is 10.2. The summed E-state index contributed by atoms with van der Waals surface area (Å²) in [6.07, 6.45) is 0. The number of benzene rings is 1. The van der Waals surface area contributed by atoms with Gasteiger partial charge in [-0.1, -0.05) is 0 Å². The maximum atomic E-state index is 11.2. The monoisotopic (exact) mass is 245 g/mol. The quantitative estimate of drug-likeness (QED) is 0.634. The van der Waals surface area contributed by atoms with E-state index in [0.29, 0.717) is 18.1 Å². The van der Waals surface area contributed by atoms with Crippen LogP contribution in [0.5, 0.6) is 0 Å². The van der Waals surface area contributed by atoms with E-state index in [4.69, 9.17) is 10.5 Å². The molecule has 0 unspecified atom stereocenters. The number of carbonyl (C=O) groups excluding carboxylic acids is 1. The molecule has 2 rings (SSSR count). The molecule has 18 heavy (non-hydrogen) atoms. The number of hydrogen-bond donors (Lipinski definition) is 2. The van der Waals surface area contributed by atoms with E-state index in [2.05, 4.69) is 10.3 Å². The molecular formula is C13H15N3O2. The number of anilines is 2. The van der Waals surface area contributed by atoms with Gasteiger partial charge in [0, 0.05) is 11.1 Å². The van der Waals surface area contributed by atoms with Crippen LogP contribution in [0, 0.1) is 0 Å². The van der Waals surface area contributed by atoms with Gasteiger partial charge in [0.2, 0.25) is 0 Å². The molecule has 0 amide bonds. The van der Waals surface area contributed by atoms with Gasteiger partial charge in [-0.3, -0.25) is 4.79 Å². The molecule has 0 spiro atoms. The Morgan fingerprint density at radius 3 is 3.00 bits per heavy atom. The molecule has 2 aromatic rings. The fraction of sp³-hybridized carbons (Fsp3) is 0.231. The van der Waals surface area contributed by atoms with Gasteiger partial charge in [0.05, 0.1) is 12.1 Å². The zero-order valence-corrected chi connectivity index (χ0v) is 10.1. The van der Waals surface area contributed by atoms with E-state index >= 15 is 0 Å². The third kappa shape index (κ3) is 2.88. The number of rotatable bonds is 4. The number of aromatic nitrogens is 1. The Morgan fingerprint density at radius 2 is 2.22 bits per heavy atom. The van der Waals surface area contributed by atoms with Crippen molar-refractivity contribution in [1.82, 2.24) is 4.98 Å². The maximum absolute atomic E-state index is 11.2. The summed E-state index contributed by atoms with van der Waals surface area (Å²) in [4.78, 5) is 15.6. The second-order valence-corrected chi connectivity index (χ2v) is 3.81. The molecule has 0 atom stereocenters. The van der Waals surface area contributed by atoms with Crippen LogP contribution < -0.4 is 11.1 Å². The summed E-state index contributed by atoms with van der Waals surface area (Å²) in [5.74, 6) is 0.344. The van der Waals surface area contributed by atoms with Gasteiger partial charge < -0.3 is 15.8 Å². The number of fused-ring (bicyclic) bond motifs is 1. The van der Waals surface area contributed by atoms with E-state index in [1.54, 1.807) is 19.1 Å². The average Bonchev–Trinajstić information content (AvgIpc) is 2.36. The minimum absolute atomic E-state index is 0.112. The van der Waals surface area contributed by atoms with Crippen molar-refractivity contribution >= 4 is 28.4 Å². The highest BCUT2D eigenvalue weighted by Crippen LogP contribution is 2.17. The Balaban J connectivity index is 2.10. The van der Waals surface area contributed by atoms with E-state index in [9.17, 15) is 4.79 Å². The Morgan fingerprint density at radius 1 is 1.39 bits per heavy atom. The summed E-state index contributed by atoms with van der Waals surface area (Å²) >= 11 is 0. The van der Waals surface area contributed by atoms with Crippen molar-refractivity contribution in [1.29, 1.82) is 0 Å². The van der Waals surface area contributed by atoms with Crippen molar-refractivity contribution in [2.75, 3.05) is 24.2 Å². The molecule has 0 aliphatic heterocycles. The van der Waals surface area contributed by atoms with E-state index < -0.39 is 0 Å². The standard InChI is InChI=1S/C13H15N3O2/c1-2-18-13(17)8-15-12-6-3-9-7-10(14)4-5-11(9)16-12/h3-7H,2,8,14H2,1H3,(H,15,16). The van der Waals surface area contributed by atoms with Crippen LogP contribution in [0.2, 0.25) is 0 Å². The molecular weight excluding hydrogens is 230 g/mol. The molecule has 3 N–H and O–H groups in total. The average molecular weight is 245 g/mol. The van der Waals surface area contributed by atoms with Crippen LogP contribution >= 0.6 is 0 Å². The lowest BCUT2D eigenvalue weighted by Gasteiger charge is -2.06. The maximum Gasteiger partial charge on any atom is 0.325 e. The van der Waals surface area contributed by atoms with E-state index in [1.165, 1.54) is 0 Å². The Labute approximate surface area is 105 Å². The third-order valence-electron chi connectivity index (χ3n) is 2.43. The number of hydrogen-bond acceptors (Lipinski definition) is 5. The molecule has 94 valence electrons. The summed E-state index contributed by atoms with van der Waals surface area (Å²) in [5.41, 5.74) is 7.23. The van der Waals surface area contributed by atoms with E-state index in [1.807, 2.05) is 18.2 Å². The van der Waals surface area contributed by atoms with Gasteiger partial charge in [-0.25, -0.2) is 4.98 Å². The molecule has 0 saturated carbocycles. The van der Waals surface area contributed by atoms with Crippen LogP contribution in [0.3, 0.4) is 0 Å². The van der Waals surface area contributed by atoms with Crippen LogP contribution in [0.25, 0.3) is 10.9 Å². The molecule has 5 nitrogen and oxygen atoms in total. The predicted molar refractivity (Wildman–Crippen MR) is 71.3 cm³/mol. The second kappa shape index (κ2) is 5.35. The number of nitrogens with zero attached hydrogens (tertiary/aromatic N) is 1. The number of nitrogens with two attached hydrogens (primary N) is 1. The van der Waals surface area contributed by atoms with Gasteiger partial charge in [-0.05, 0) is 37.3 Å². The summed E-state index contributed by atoms with van der Waals surface area (Å²) in [7, 11) is 0. The molecule has 1 aromatic carbocycles. The van der Waals surface area contributed by atoms with Gasteiger partial charge in [0.15, 0.2) is 0 Å². The molecule has 0 saturated heterocycles. The highest BCUT2D eigenvalue weighted by atomic mass is 16.5. The molecule has 0 aliphatic carbocycles. The van der Waals surface area contributed by atoms with Crippen LogP contribution in [-0.4, -0.2) is 24.1 Å². The van der Waals surface area contributed by atoms with Crippen molar-refractivity contribution in [3.63, 3.8) is 0 Å². The van der Waals surface area contributed by atoms with E-state index in [-0.39, 0.29) is 12.5 Å². The lowest BCUT2D eigenvalue weighted by molar-refractivity contribution is -0.140. The first-order chi connectivity index (χ1) is 8.69. The van der Waals surface area contributed by atoms with E-state index in [0.717, 1.165) is 10.9 Å². The van der Waals surface area contributed by atoms with Gasteiger partial charge >= 0.3 is 5.97 Å². The van der Waals surface area contributed by atoms with Crippen molar-refractivity contribution < 1.29 is 9.53 Å². The van der Waals surface area contributed by atoms with Gasteiger partial charge in [0.25, 0.3) is 0 Å². The number of carbonyl (C=O) groups is 1. The minimum Gasteiger partial charge on any atom is -0.465 e. The molecule has 1 heterocycles. The summed E-state index contributed by atoms with van der Waals surface area (Å²) in [6.45, 7) is 2.27. The second-order valence-electron chi connectivity index (χ2n) is 3.81. The first kappa shape index (κ1) is 12.2. The topological polar surface area (TPSA) is 77.2 Å². The van der Waals surface area contributed by atoms with Gasteiger partial charge in [-0.2, -0.15) is 0 Å². The molecule has 0 radical (unpaired) electrons. The largest absolute Gasteiger partial charge is 0.465 e. The Kier molecular flexibility index (Phi) is 3.62. The molecule has 0 aliphatic rings. The molecule has 5 heteroatoms. The van der Waals surface area contributed by atoms with Crippen LogP contribution in [0.15, 0.2) is 30.3 Å². The van der Waals surface area contributed by atoms with Crippen LogP contribution in [0.4, 0.5) is 11.5 Å². The number of ether oxygens (including phenoxy) is 1. The number of nitrogen functional groups attached to an aromatic ring is 1. The lowest BCUT2D eigenvalue weighted by Crippen LogP contribution is -2.17.